The molecule has 0 aromatic heterocycles. The topological polar surface area (TPSA) is 268 Å². The van der Waals surface area contributed by atoms with Gasteiger partial charge in [0.25, 0.3) is 0 Å². The van der Waals surface area contributed by atoms with Crippen LogP contribution in [0, 0.1) is 0 Å². The molecule has 2 fully saturated rings. The minimum Gasteiger partial charge on any atom is -0.394 e. The minimum atomic E-state index is -5.35. The van der Waals surface area contributed by atoms with Gasteiger partial charge in [0.05, 0.1) is 19.8 Å². The summed E-state index contributed by atoms with van der Waals surface area (Å²) >= 11 is 0. The number of rotatable bonds is 9. The molecule has 178 valence electrons. The molecule has 0 saturated carbocycles. The maximum absolute atomic E-state index is 11.3. The van der Waals surface area contributed by atoms with Crippen LogP contribution < -0.4 is 0 Å². The Hall–Kier alpha value is 0.130. The van der Waals surface area contributed by atoms with Crippen LogP contribution in [0.5, 0.6) is 0 Å². The summed E-state index contributed by atoms with van der Waals surface area (Å²) in [4.78, 5) is 54.0. The van der Waals surface area contributed by atoms with Crippen LogP contribution >= 0.6 is 23.5 Å². The predicted octanol–water partition coefficient (Wildman–Crippen LogP) is -3.09. The fraction of sp³-hybridized carbons (Fsp3) is 1.00. The first-order chi connectivity index (χ1) is 13.6. The van der Waals surface area contributed by atoms with Crippen molar-refractivity contribution >= 4 is 23.5 Å². The molecule has 2 rings (SSSR count). The van der Waals surface area contributed by atoms with E-state index < -0.39 is 73.0 Å². The lowest BCUT2D eigenvalue weighted by atomic mass is 9.99. The third-order valence-corrected chi connectivity index (χ3v) is 5.45. The van der Waals surface area contributed by atoms with E-state index in [0.717, 1.165) is 0 Å². The van der Waals surface area contributed by atoms with E-state index in [-0.39, 0.29) is 13.2 Å². The summed E-state index contributed by atoms with van der Waals surface area (Å²) in [5, 5.41) is 19.8. The van der Waals surface area contributed by atoms with E-state index in [1.165, 1.54) is 0 Å². The van der Waals surface area contributed by atoms with Crippen LogP contribution in [0.25, 0.3) is 0 Å². The van der Waals surface area contributed by atoms with E-state index >= 15 is 0 Å². The molecule has 8 N–H and O–H groups in total. The van der Waals surface area contributed by atoms with Crippen molar-refractivity contribution in [1.29, 1.82) is 0 Å². The predicted molar refractivity (Wildman–Crippen MR) is 88.2 cm³/mol. The van der Waals surface area contributed by atoms with Crippen molar-refractivity contribution in [2.45, 2.75) is 42.9 Å². The molecule has 0 radical (unpaired) electrons. The molecule has 2 saturated heterocycles. The molecular formula is C10H21O17P3. The molecule has 0 spiro atoms. The van der Waals surface area contributed by atoms with Gasteiger partial charge in [-0.2, -0.15) is 0 Å². The van der Waals surface area contributed by atoms with E-state index in [1.54, 1.807) is 0 Å². The minimum absolute atomic E-state index is 0.284. The van der Waals surface area contributed by atoms with Gasteiger partial charge in [-0.1, -0.05) is 0 Å². The molecule has 2 aliphatic heterocycles. The summed E-state index contributed by atoms with van der Waals surface area (Å²) in [6.45, 7) is -1.61. The summed E-state index contributed by atoms with van der Waals surface area (Å²) in [6.07, 6.45) is -12.5. The molecule has 0 amide bonds. The monoisotopic (exact) mass is 506 g/mol. The van der Waals surface area contributed by atoms with Crippen molar-refractivity contribution in [3.05, 3.63) is 0 Å². The van der Waals surface area contributed by atoms with Gasteiger partial charge in [-0.15, -0.1) is 0 Å². The van der Waals surface area contributed by atoms with E-state index in [1.807, 2.05) is 0 Å². The van der Waals surface area contributed by atoms with Crippen molar-refractivity contribution in [2.75, 3.05) is 19.8 Å². The quantitative estimate of drug-likeness (QED) is 0.144. The number of phosphoric ester groups is 3. The van der Waals surface area contributed by atoms with Gasteiger partial charge in [0.15, 0.2) is 6.29 Å². The zero-order valence-electron chi connectivity index (χ0n) is 14.8. The molecule has 2 heterocycles. The Kier molecular flexibility index (Phi) is 8.75. The average molecular weight is 506 g/mol. The van der Waals surface area contributed by atoms with Crippen molar-refractivity contribution in [1.82, 2.24) is 0 Å². The molecule has 0 aliphatic carbocycles. The van der Waals surface area contributed by atoms with Crippen molar-refractivity contribution < 1.29 is 81.1 Å². The molecule has 0 unspecified atom stereocenters. The van der Waals surface area contributed by atoms with Crippen LogP contribution in [-0.2, 0) is 41.5 Å². The highest BCUT2D eigenvalue weighted by Crippen LogP contribution is 2.47. The van der Waals surface area contributed by atoms with E-state index in [2.05, 4.69) is 13.6 Å². The second-order valence-electron chi connectivity index (χ2n) is 6.18. The molecule has 30 heavy (non-hydrogen) atoms. The molecule has 17 nitrogen and oxygen atoms in total. The largest absolute Gasteiger partial charge is 0.470 e. The van der Waals surface area contributed by atoms with Crippen LogP contribution in [0.15, 0.2) is 0 Å². The van der Waals surface area contributed by atoms with Crippen LogP contribution in [0.3, 0.4) is 0 Å². The maximum atomic E-state index is 11.3. The Morgan fingerprint density at radius 3 is 1.80 bits per heavy atom. The average Bonchev–Trinajstić information content (AvgIpc) is 2.96. The first-order valence-corrected chi connectivity index (χ1v) is 12.6. The number of ether oxygens (including phenoxy) is 3. The van der Waals surface area contributed by atoms with Crippen LogP contribution in [0.1, 0.15) is 0 Å². The number of aliphatic hydroxyl groups excluding tert-OH is 2. The standard InChI is InChI=1S/C10H21O17P3/c11-1-4-8(26-29(16,17)18)9(27-30(19,20)21)7(12)10(23-4)24-5-2-22-3-6(5)25-28(13,14)15/h4-12H,1-3H2,(H2,13,14,15)(H2,16,17,18)(H2,19,20,21)/t4-,5+,6-,7-,8+,9+,10+/m0/s1. The normalized spacial score (nSPS) is 36.2. The number of hydrogen-bond donors (Lipinski definition) is 8. The van der Waals surface area contributed by atoms with Crippen molar-refractivity contribution in [3.8, 4) is 0 Å². The molecule has 0 aromatic rings. The SMILES string of the molecule is O=P(O)(O)O[C@@H]1[C@H](O)[C@@H](O[C@@H]2COC[C@@H]2OP(=O)(O)O)O[C@@H](CO)[C@H]1OP(=O)(O)O. The van der Waals surface area contributed by atoms with Gasteiger partial charge in [0, 0.05) is 0 Å². The van der Waals surface area contributed by atoms with Crippen LogP contribution in [-0.4, -0.2) is 102 Å². The van der Waals surface area contributed by atoms with Crippen molar-refractivity contribution in [2.24, 2.45) is 0 Å². The second kappa shape index (κ2) is 9.95. The Balaban J connectivity index is 2.24. The highest BCUT2D eigenvalue weighted by Gasteiger charge is 2.53. The first-order valence-electron chi connectivity index (χ1n) is 7.99. The van der Waals surface area contributed by atoms with Crippen LogP contribution in [0.2, 0.25) is 0 Å². The van der Waals surface area contributed by atoms with Gasteiger partial charge in [-0.05, 0) is 0 Å². The highest BCUT2D eigenvalue weighted by molar-refractivity contribution is 7.46. The van der Waals surface area contributed by atoms with E-state index in [9.17, 15) is 23.9 Å². The molecule has 0 bridgehead atoms. The summed E-state index contributed by atoms with van der Waals surface area (Å²) in [5.41, 5.74) is 0. The first kappa shape index (κ1) is 26.4. The van der Waals surface area contributed by atoms with Gasteiger partial charge in [0.2, 0.25) is 0 Å². The molecule has 0 aromatic carbocycles. The molecule has 20 heteroatoms. The Morgan fingerprint density at radius 2 is 1.30 bits per heavy atom. The van der Waals surface area contributed by atoms with Crippen LogP contribution in [0.4, 0.5) is 0 Å². The lowest BCUT2D eigenvalue weighted by molar-refractivity contribution is -0.309. The smallest absolute Gasteiger partial charge is 0.394 e. The fourth-order valence-corrected chi connectivity index (χ4v) is 4.49. The number of aliphatic hydroxyl groups is 2. The second-order valence-corrected chi connectivity index (χ2v) is 9.76. The van der Waals surface area contributed by atoms with Gasteiger partial charge in [-0.25, -0.2) is 13.7 Å². The number of phosphoric acid groups is 3. The Morgan fingerprint density at radius 1 is 0.800 bits per heavy atom. The van der Waals surface area contributed by atoms with Gasteiger partial charge in [-0.3, -0.25) is 13.6 Å². The number of hydrogen-bond acceptors (Lipinski definition) is 11. The van der Waals surface area contributed by atoms with Crippen molar-refractivity contribution in [3.63, 3.8) is 0 Å². The van der Waals surface area contributed by atoms with Gasteiger partial charge >= 0.3 is 23.5 Å². The summed E-state index contributed by atoms with van der Waals surface area (Å²) < 4.78 is 62.1. The lowest BCUT2D eigenvalue weighted by Gasteiger charge is -2.43. The summed E-state index contributed by atoms with van der Waals surface area (Å²) in [6, 6.07) is 0. The van der Waals surface area contributed by atoms with E-state index in [0.29, 0.717) is 0 Å². The fourth-order valence-electron chi connectivity index (χ4n) is 2.81. The third-order valence-electron chi connectivity index (χ3n) is 3.87. The van der Waals surface area contributed by atoms with Gasteiger partial charge < -0.3 is 53.8 Å². The Bertz CT molecular complexity index is 713. The summed E-state index contributed by atoms with van der Waals surface area (Å²) in [7, 11) is -15.6. The maximum Gasteiger partial charge on any atom is 0.470 e. The third kappa shape index (κ3) is 7.92. The zero-order chi connectivity index (χ0) is 22.9. The molecule has 2 aliphatic rings. The lowest BCUT2D eigenvalue weighted by Crippen LogP contribution is -2.61. The molecule has 7 atom stereocenters. The summed E-state index contributed by atoms with van der Waals surface area (Å²) in [5.74, 6) is 0. The highest BCUT2D eigenvalue weighted by atomic mass is 31.2. The van der Waals surface area contributed by atoms with Gasteiger partial charge in [0.1, 0.15) is 36.6 Å². The Labute approximate surface area is 168 Å². The molecular weight excluding hydrogens is 485 g/mol. The van der Waals surface area contributed by atoms with E-state index in [4.69, 9.17) is 43.6 Å². The zero-order valence-corrected chi connectivity index (χ0v) is 17.4.